The second-order valence-electron chi connectivity index (χ2n) is 12.6. The third kappa shape index (κ3) is 6.78. The Morgan fingerprint density at radius 1 is 1.09 bits per heavy atom. The van der Waals surface area contributed by atoms with Crippen molar-refractivity contribution in [2.24, 2.45) is 0 Å². The number of alkyl halides is 2. The van der Waals surface area contributed by atoms with Crippen LogP contribution in [0, 0.1) is 13.8 Å². The SMILES string of the molecule is COc1cc(C)c(S(=O)(=O)N2CCn3cccc3C2CCCC(=O)N(C)[C@H]2CCC[C@@H](N3CCC(F)(F)CC3)C2)c(C)c1. The number of rotatable bonds is 9. The Kier molecular flexibility index (Phi) is 9.54. The van der Waals surface area contributed by atoms with Gasteiger partial charge in [-0.25, -0.2) is 17.2 Å². The molecule has 11 heteroatoms. The van der Waals surface area contributed by atoms with Crippen LogP contribution in [0.5, 0.6) is 5.75 Å². The van der Waals surface area contributed by atoms with Crippen LogP contribution < -0.4 is 4.74 Å². The Hall–Kier alpha value is -2.50. The molecular weight excluding hydrogens is 574 g/mol. The lowest BCUT2D eigenvalue weighted by Crippen LogP contribution is -2.50. The molecule has 2 aliphatic heterocycles. The summed E-state index contributed by atoms with van der Waals surface area (Å²) in [6.45, 7) is 5.37. The van der Waals surface area contributed by atoms with E-state index in [1.54, 1.807) is 37.4 Å². The van der Waals surface area contributed by atoms with Gasteiger partial charge in [-0.15, -0.1) is 0 Å². The summed E-state index contributed by atoms with van der Waals surface area (Å²) in [5, 5.41) is 0. The minimum atomic E-state index is -3.81. The topological polar surface area (TPSA) is 75.1 Å². The fourth-order valence-electron chi connectivity index (χ4n) is 7.44. The Labute approximate surface area is 255 Å². The van der Waals surface area contributed by atoms with E-state index in [9.17, 15) is 22.0 Å². The second kappa shape index (κ2) is 12.9. The summed E-state index contributed by atoms with van der Waals surface area (Å²) in [6.07, 6.45) is 6.95. The molecule has 0 spiro atoms. The zero-order valence-electron chi connectivity index (χ0n) is 25.9. The van der Waals surface area contributed by atoms with Crippen molar-refractivity contribution in [1.82, 2.24) is 18.7 Å². The number of amides is 1. The van der Waals surface area contributed by atoms with Gasteiger partial charge in [-0.05, 0) is 87.8 Å². The Balaban J connectivity index is 1.24. The van der Waals surface area contributed by atoms with Gasteiger partial charge in [0.1, 0.15) is 5.75 Å². The number of aromatic nitrogens is 1. The first-order valence-corrected chi connectivity index (χ1v) is 17.0. The van der Waals surface area contributed by atoms with Crippen LogP contribution in [0.2, 0.25) is 0 Å². The number of nitrogens with zero attached hydrogens (tertiary/aromatic N) is 4. The van der Waals surface area contributed by atoms with Gasteiger partial charge in [-0.1, -0.05) is 0 Å². The predicted octanol–water partition coefficient (Wildman–Crippen LogP) is 5.53. The molecule has 3 atom stereocenters. The number of hydrogen-bond donors (Lipinski definition) is 0. The van der Waals surface area contributed by atoms with E-state index in [0.29, 0.717) is 67.2 Å². The standard InChI is InChI=1S/C32H46F2N4O4S/c1-23-20-27(42-4)21-24(2)31(23)43(40,41)38-19-18-37-15-7-11-28(37)29(38)10-6-12-30(39)35(3)25-8-5-9-26(22-25)36-16-13-32(33,34)14-17-36/h7,11,15,20-21,25-26,29H,5-6,8-10,12-14,16-19,22H2,1-4H3/t25-,26+,29?/m0/s1. The number of methoxy groups -OCH3 is 1. The predicted molar refractivity (Wildman–Crippen MR) is 162 cm³/mol. The van der Waals surface area contributed by atoms with Crippen molar-refractivity contribution < 1.29 is 26.7 Å². The van der Waals surface area contributed by atoms with Gasteiger partial charge in [-0.2, -0.15) is 4.31 Å². The lowest BCUT2D eigenvalue weighted by atomic mass is 9.87. The molecule has 0 bridgehead atoms. The molecule has 1 aromatic carbocycles. The maximum Gasteiger partial charge on any atom is 0.250 e. The second-order valence-corrected chi connectivity index (χ2v) is 14.4. The number of benzene rings is 1. The van der Waals surface area contributed by atoms with Crippen molar-refractivity contribution in [3.63, 3.8) is 0 Å². The third-order valence-electron chi connectivity index (χ3n) is 9.83. The van der Waals surface area contributed by atoms with Gasteiger partial charge in [0.25, 0.3) is 5.92 Å². The molecule has 1 aliphatic carbocycles. The average Bonchev–Trinajstić information content (AvgIpc) is 3.45. The van der Waals surface area contributed by atoms with Crippen molar-refractivity contribution in [2.45, 2.75) is 107 Å². The molecule has 1 aromatic heterocycles. The van der Waals surface area contributed by atoms with E-state index in [-0.39, 0.29) is 36.9 Å². The largest absolute Gasteiger partial charge is 0.497 e. The van der Waals surface area contributed by atoms with Crippen molar-refractivity contribution >= 4 is 15.9 Å². The highest BCUT2D eigenvalue weighted by atomic mass is 32.2. The van der Waals surface area contributed by atoms with Crippen molar-refractivity contribution in [1.29, 1.82) is 0 Å². The highest BCUT2D eigenvalue weighted by Gasteiger charge is 2.40. The Bertz CT molecular complexity index is 1380. The van der Waals surface area contributed by atoms with Crippen LogP contribution in [-0.4, -0.2) is 84.8 Å². The monoisotopic (exact) mass is 620 g/mol. The minimum absolute atomic E-state index is 0.0540. The van der Waals surface area contributed by atoms with Gasteiger partial charge < -0.3 is 14.2 Å². The molecule has 0 N–H and O–H groups in total. The van der Waals surface area contributed by atoms with Gasteiger partial charge in [0.15, 0.2) is 0 Å². The number of hydrogen-bond acceptors (Lipinski definition) is 5. The lowest BCUT2D eigenvalue weighted by molar-refractivity contribution is -0.133. The highest BCUT2D eigenvalue weighted by Crippen LogP contribution is 2.38. The summed E-state index contributed by atoms with van der Waals surface area (Å²) in [5.41, 5.74) is 2.25. The molecule has 3 heterocycles. The average molecular weight is 621 g/mol. The number of carbonyl (C=O) groups is 1. The van der Waals surface area contributed by atoms with Crippen molar-refractivity contribution in [3.8, 4) is 5.75 Å². The Morgan fingerprint density at radius 2 is 1.79 bits per heavy atom. The van der Waals surface area contributed by atoms with Gasteiger partial charge in [-0.3, -0.25) is 9.69 Å². The van der Waals surface area contributed by atoms with Crippen LogP contribution in [0.4, 0.5) is 8.78 Å². The molecule has 238 valence electrons. The van der Waals surface area contributed by atoms with E-state index in [4.69, 9.17) is 4.74 Å². The lowest BCUT2D eigenvalue weighted by Gasteiger charge is -2.43. The van der Waals surface area contributed by atoms with Crippen molar-refractivity contribution in [3.05, 3.63) is 47.3 Å². The van der Waals surface area contributed by atoms with Crippen LogP contribution in [0.3, 0.4) is 0 Å². The fourth-order valence-corrected chi connectivity index (χ4v) is 9.48. The van der Waals surface area contributed by atoms with Crippen LogP contribution in [0.15, 0.2) is 35.4 Å². The first-order chi connectivity index (χ1) is 20.4. The van der Waals surface area contributed by atoms with E-state index >= 15 is 0 Å². The van der Waals surface area contributed by atoms with Gasteiger partial charge in [0.05, 0.1) is 18.0 Å². The molecule has 8 nitrogen and oxygen atoms in total. The molecule has 2 aromatic rings. The smallest absolute Gasteiger partial charge is 0.250 e. The van der Waals surface area contributed by atoms with Crippen LogP contribution >= 0.6 is 0 Å². The molecule has 5 rings (SSSR count). The fraction of sp³-hybridized carbons (Fsp3) is 0.656. The van der Waals surface area contributed by atoms with E-state index in [2.05, 4.69) is 9.47 Å². The quantitative estimate of drug-likeness (QED) is 0.369. The van der Waals surface area contributed by atoms with E-state index in [0.717, 1.165) is 31.4 Å². The summed E-state index contributed by atoms with van der Waals surface area (Å²) in [6, 6.07) is 7.40. The van der Waals surface area contributed by atoms with E-state index in [1.165, 1.54) is 0 Å². The van der Waals surface area contributed by atoms with Gasteiger partial charge in [0, 0.05) is 76.5 Å². The van der Waals surface area contributed by atoms with E-state index < -0.39 is 15.9 Å². The highest BCUT2D eigenvalue weighted by molar-refractivity contribution is 7.89. The molecule has 3 aliphatic rings. The first kappa shape index (κ1) is 31.9. The molecule has 1 unspecified atom stereocenters. The number of halogens is 2. The molecule has 1 saturated heterocycles. The summed E-state index contributed by atoms with van der Waals surface area (Å²) in [7, 11) is -0.380. The Morgan fingerprint density at radius 3 is 2.47 bits per heavy atom. The molecule has 0 radical (unpaired) electrons. The van der Waals surface area contributed by atoms with Crippen LogP contribution in [0.25, 0.3) is 0 Å². The maximum atomic E-state index is 14.1. The van der Waals surface area contributed by atoms with Crippen LogP contribution in [-0.2, 0) is 21.4 Å². The van der Waals surface area contributed by atoms with Crippen molar-refractivity contribution in [2.75, 3.05) is 33.8 Å². The number of sulfonamides is 1. The summed E-state index contributed by atoms with van der Waals surface area (Å²) in [5.74, 6) is -1.88. The molecule has 1 amide bonds. The zero-order valence-corrected chi connectivity index (χ0v) is 26.7. The summed E-state index contributed by atoms with van der Waals surface area (Å²) < 4.78 is 64.7. The van der Waals surface area contributed by atoms with E-state index in [1.807, 2.05) is 30.3 Å². The zero-order chi connectivity index (χ0) is 30.9. The molecule has 1 saturated carbocycles. The molecule has 43 heavy (non-hydrogen) atoms. The maximum absolute atomic E-state index is 14.1. The number of aryl methyl sites for hydroxylation is 2. The van der Waals surface area contributed by atoms with Crippen LogP contribution in [0.1, 0.15) is 80.7 Å². The first-order valence-electron chi connectivity index (χ1n) is 15.6. The number of likely N-dealkylation sites (tertiary alicyclic amines) is 1. The normalized spacial score (nSPS) is 24.8. The summed E-state index contributed by atoms with van der Waals surface area (Å²) in [4.78, 5) is 17.7. The molecule has 2 fully saturated rings. The minimum Gasteiger partial charge on any atom is -0.497 e. The number of ether oxygens (including phenoxy) is 1. The number of fused-ring (bicyclic) bond motifs is 1. The third-order valence-corrected chi connectivity index (χ3v) is 12.0. The summed E-state index contributed by atoms with van der Waals surface area (Å²) >= 11 is 0. The number of piperidine rings is 1. The molecular formula is C32H46F2N4O4S. The van der Waals surface area contributed by atoms with Gasteiger partial charge in [0.2, 0.25) is 15.9 Å². The van der Waals surface area contributed by atoms with Gasteiger partial charge >= 0.3 is 0 Å². The number of carbonyl (C=O) groups excluding carboxylic acids is 1.